The number of ether oxygens (including phenoxy) is 1. The van der Waals surface area contributed by atoms with Crippen LogP contribution < -0.4 is 4.74 Å². The quantitative estimate of drug-likeness (QED) is 0.809. The first-order valence-corrected chi connectivity index (χ1v) is 7.39. The number of hydrogen-bond donors (Lipinski definition) is 0. The summed E-state index contributed by atoms with van der Waals surface area (Å²) in [4.78, 5) is 17.0. The number of carbonyl (C=O) groups is 1. The summed E-state index contributed by atoms with van der Waals surface area (Å²) in [5, 5.41) is 0. The van der Waals surface area contributed by atoms with Crippen LogP contribution in [0.25, 0.3) is 0 Å². The third kappa shape index (κ3) is 2.82. The highest BCUT2D eigenvalue weighted by Gasteiger charge is 2.26. The molecule has 0 saturated heterocycles. The standard InChI is InChI=1S/C18H19NO2/c1-21-18-15(9-5-11-19-18)12-14-8-4-7-13-6-2-3-10-16(13)17(14)20/h2-3,5-6,9-11,14H,4,7-8,12H2,1H3. The smallest absolute Gasteiger partial charge is 0.216 e. The monoisotopic (exact) mass is 281 g/mol. The van der Waals surface area contributed by atoms with Gasteiger partial charge in [-0.3, -0.25) is 4.79 Å². The maximum absolute atomic E-state index is 12.8. The van der Waals surface area contributed by atoms with Crippen LogP contribution in [0, 0.1) is 5.92 Å². The van der Waals surface area contributed by atoms with E-state index in [1.165, 1.54) is 5.56 Å². The molecule has 21 heavy (non-hydrogen) atoms. The van der Waals surface area contributed by atoms with Gasteiger partial charge in [0.05, 0.1) is 7.11 Å². The molecule has 3 nitrogen and oxygen atoms in total. The lowest BCUT2D eigenvalue weighted by Crippen LogP contribution is -2.17. The average Bonchev–Trinajstić information content (AvgIpc) is 2.68. The normalized spacial score (nSPS) is 18.0. The molecule has 1 heterocycles. The minimum atomic E-state index is 0.0201. The third-order valence-corrected chi connectivity index (χ3v) is 4.16. The number of benzene rings is 1. The second-order valence-corrected chi connectivity index (χ2v) is 5.49. The molecule has 0 radical (unpaired) electrons. The van der Waals surface area contributed by atoms with Crippen molar-refractivity contribution in [3.8, 4) is 5.88 Å². The lowest BCUT2D eigenvalue weighted by atomic mass is 9.89. The van der Waals surface area contributed by atoms with Crippen molar-refractivity contribution < 1.29 is 9.53 Å². The molecule has 1 atom stereocenters. The Labute approximate surface area is 125 Å². The van der Waals surface area contributed by atoms with Crippen molar-refractivity contribution in [2.24, 2.45) is 5.92 Å². The van der Waals surface area contributed by atoms with E-state index in [9.17, 15) is 4.79 Å². The van der Waals surface area contributed by atoms with Crippen molar-refractivity contribution in [2.45, 2.75) is 25.7 Å². The molecule has 0 amide bonds. The highest BCUT2D eigenvalue weighted by Crippen LogP contribution is 2.28. The Kier molecular flexibility index (Phi) is 4.00. The van der Waals surface area contributed by atoms with Crippen molar-refractivity contribution in [1.29, 1.82) is 0 Å². The minimum Gasteiger partial charge on any atom is -0.481 e. The van der Waals surface area contributed by atoms with E-state index in [1.807, 2.05) is 30.3 Å². The van der Waals surface area contributed by atoms with E-state index in [2.05, 4.69) is 11.1 Å². The van der Waals surface area contributed by atoms with Crippen LogP contribution in [0.1, 0.15) is 34.3 Å². The predicted molar refractivity (Wildman–Crippen MR) is 81.7 cm³/mol. The summed E-state index contributed by atoms with van der Waals surface area (Å²) in [6, 6.07) is 11.9. The van der Waals surface area contributed by atoms with Gasteiger partial charge in [0.1, 0.15) is 0 Å². The van der Waals surface area contributed by atoms with Gasteiger partial charge in [-0.2, -0.15) is 0 Å². The Balaban J connectivity index is 1.88. The van der Waals surface area contributed by atoms with Gasteiger partial charge in [-0.05, 0) is 37.3 Å². The van der Waals surface area contributed by atoms with Crippen molar-refractivity contribution in [1.82, 2.24) is 4.98 Å². The second kappa shape index (κ2) is 6.08. The number of carbonyl (C=O) groups excluding carboxylic acids is 1. The predicted octanol–water partition coefficient (Wildman–Crippen LogP) is 3.47. The number of hydrogen-bond acceptors (Lipinski definition) is 3. The summed E-state index contributed by atoms with van der Waals surface area (Å²) in [5.74, 6) is 0.906. The van der Waals surface area contributed by atoms with Crippen molar-refractivity contribution in [3.63, 3.8) is 0 Å². The topological polar surface area (TPSA) is 39.2 Å². The van der Waals surface area contributed by atoms with Gasteiger partial charge in [0.15, 0.2) is 5.78 Å². The Morgan fingerprint density at radius 1 is 1.24 bits per heavy atom. The van der Waals surface area contributed by atoms with Crippen LogP contribution in [0.2, 0.25) is 0 Å². The number of aryl methyl sites for hydroxylation is 1. The fourth-order valence-corrected chi connectivity index (χ4v) is 3.09. The Morgan fingerprint density at radius 2 is 2.10 bits per heavy atom. The number of methoxy groups -OCH3 is 1. The van der Waals surface area contributed by atoms with E-state index < -0.39 is 0 Å². The maximum atomic E-state index is 12.8. The SMILES string of the molecule is COc1ncccc1CC1CCCc2ccccc2C1=O. The van der Waals surface area contributed by atoms with Crippen LogP contribution in [0.3, 0.4) is 0 Å². The molecule has 108 valence electrons. The van der Waals surface area contributed by atoms with Gasteiger partial charge in [0, 0.05) is 23.2 Å². The van der Waals surface area contributed by atoms with E-state index in [0.717, 1.165) is 30.4 Å². The molecule has 1 aromatic carbocycles. The summed E-state index contributed by atoms with van der Waals surface area (Å²) >= 11 is 0. The number of ketones is 1. The third-order valence-electron chi connectivity index (χ3n) is 4.16. The van der Waals surface area contributed by atoms with E-state index >= 15 is 0 Å². The average molecular weight is 281 g/mol. The Bertz CT molecular complexity index is 651. The molecule has 2 aromatic rings. The zero-order chi connectivity index (χ0) is 14.7. The minimum absolute atomic E-state index is 0.0201. The van der Waals surface area contributed by atoms with E-state index in [1.54, 1.807) is 13.3 Å². The molecule has 0 aliphatic heterocycles. The first kappa shape index (κ1) is 13.8. The second-order valence-electron chi connectivity index (χ2n) is 5.49. The van der Waals surface area contributed by atoms with Gasteiger partial charge in [0.2, 0.25) is 5.88 Å². The van der Waals surface area contributed by atoms with Crippen molar-refractivity contribution >= 4 is 5.78 Å². The first-order chi connectivity index (χ1) is 10.3. The summed E-state index contributed by atoms with van der Waals surface area (Å²) in [6.45, 7) is 0. The van der Waals surface area contributed by atoms with Crippen LogP contribution in [-0.4, -0.2) is 17.9 Å². The number of pyridine rings is 1. The molecule has 0 spiro atoms. The lowest BCUT2D eigenvalue weighted by molar-refractivity contribution is 0.0915. The highest BCUT2D eigenvalue weighted by molar-refractivity contribution is 5.99. The number of aromatic nitrogens is 1. The fraction of sp³-hybridized carbons (Fsp3) is 0.333. The molecule has 3 heteroatoms. The Hall–Kier alpha value is -2.16. The van der Waals surface area contributed by atoms with Crippen molar-refractivity contribution in [2.75, 3.05) is 7.11 Å². The number of rotatable bonds is 3. The van der Waals surface area contributed by atoms with Gasteiger partial charge in [-0.1, -0.05) is 30.3 Å². The molecule has 0 fully saturated rings. The number of nitrogens with zero attached hydrogens (tertiary/aromatic N) is 1. The van der Waals surface area contributed by atoms with Crippen LogP contribution in [0.15, 0.2) is 42.6 Å². The maximum Gasteiger partial charge on any atom is 0.216 e. The van der Waals surface area contributed by atoms with Gasteiger partial charge < -0.3 is 4.74 Å². The zero-order valence-corrected chi connectivity index (χ0v) is 12.2. The number of fused-ring (bicyclic) bond motifs is 1. The molecule has 0 bridgehead atoms. The summed E-state index contributed by atoms with van der Waals surface area (Å²) in [5.41, 5.74) is 3.09. The first-order valence-electron chi connectivity index (χ1n) is 7.39. The summed E-state index contributed by atoms with van der Waals surface area (Å²) in [6.07, 6.45) is 5.38. The van der Waals surface area contributed by atoms with Crippen LogP contribution >= 0.6 is 0 Å². The molecule has 0 N–H and O–H groups in total. The number of Topliss-reactive ketones (excluding diaryl/α,β-unsaturated/α-hetero) is 1. The zero-order valence-electron chi connectivity index (χ0n) is 12.2. The highest BCUT2D eigenvalue weighted by atomic mass is 16.5. The van der Waals surface area contributed by atoms with Crippen molar-refractivity contribution in [3.05, 3.63) is 59.3 Å². The van der Waals surface area contributed by atoms with E-state index in [-0.39, 0.29) is 11.7 Å². The lowest BCUT2D eigenvalue weighted by Gasteiger charge is -2.15. The Morgan fingerprint density at radius 3 is 2.95 bits per heavy atom. The molecule has 1 aliphatic rings. The van der Waals surface area contributed by atoms with Gasteiger partial charge in [0.25, 0.3) is 0 Å². The molecule has 0 saturated carbocycles. The van der Waals surface area contributed by atoms with E-state index in [0.29, 0.717) is 12.3 Å². The molecular weight excluding hydrogens is 262 g/mol. The largest absolute Gasteiger partial charge is 0.481 e. The fourth-order valence-electron chi connectivity index (χ4n) is 3.09. The summed E-state index contributed by atoms with van der Waals surface area (Å²) < 4.78 is 5.30. The van der Waals surface area contributed by atoms with Crippen LogP contribution in [-0.2, 0) is 12.8 Å². The molecule has 1 aliphatic carbocycles. The molecule has 1 unspecified atom stereocenters. The van der Waals surface area contributed by atoms with Gasteiger partial charge in [-0.15, -0.1) is 0 Å². The molecular formula is C18H19NO2. The molecule has 1 aromatic heterocycles. The van der Waals surface area contributed by atoms with Gasteiger partial charge in [-0.25, -0.2) is 4.98 Å². The van der Waals surface area contributed by atoms with Crippen LogP contribution in [0.5, 0.6) is 5.88 Å². The summed E-state index contributed by atoms with van der Waals surface area (Å²) in [7, 11) is 1.62. The van der Waals surface area contributed by atoms with Gasteiger partial charge >= 0.3 is 0 Å². The van der Waals surface area contributed by atoms with E-state index in [4.69, 9.17) is 4.74 Å². The molecule has 3 rings (SSSR count). The van der Waals surface area contributed by atoms with Crippen LogP contribution in [0.4, 0.5) is 0 Å².